The molecule has 3 heteroatoms. The average molecular weight is 277 g/mol. The van der Waals surface area contributed by atoms with Crippen LogP contribution in [0.3, 0.4) is 0 Å². The smallest absolute Gasteiger partial charge is 0.0640 e. The van der Waals surface area contributed by atoms with Crippen LogP contribution in [0, 0.1) is 5.92 Å². The lowest BCUT2D eigenvalue weighted by molar-refractivity contribution is 0.326. The molecule has 1 fully saturated rings. The Hall–Kier alpha value is -0.830. The highest BCUT2D eigenvalue weighted by molar-refractivity contribution is 5.03. The molecule has 1 aromatic heterocycles. The molecule has 1 aliphatic rings. The molecule has 1 aromatic rings. The van der Waals surface area contributed by atoms with Crippen molar-refractivity contribution in [1.29, 1.82) is 0 Å². The van der Waals surface area contributed by atoms with E-state index in [-0.39, 0.29) is 0 Å². The van der Waals surface area contributed by atoms with Gasteiger partial charge >= 0.3 is 0 Å². The Bertz CT molecular complexity index is 377. The summed E-state index contributed by atoms with van der Waals surface area (Å²) in [6.45, 7) is 7.92. The van der Waals surface area contributed by atoms with E-state index in [0.29, 0.717) is 18.0 Å². The highest BCUT2D eigenvalue weighted by Gasteiger charge is 2.18. The molecule has 2 rings (SSSR count). The third kappa shape index (κ3) is 4.34. The van der Waals surface area contributed by atoms with Crippen molar-refractivity contribution in [1.82, 2.24) is 15.1 Å². The quantitative estimate of drug-likeness (QED) is 0.817. The Balaban J connectivity index is 1.93. The first-order valence-corrected chi connectivity index (χ1v) is 8.48. The Labute approximate surface area is 124 Å². The standard InChI is InChI=1S/C17H31N3/c1-4-11-18-17(14(2)3)13-15-10-12-20(19-15)16-8-6-5-7-9-16/h10,12,14,16-18H,4-9,11,13H2,1-3H3. The van der Waals surface area contributed by atoms with E-state index in [1.807, 2.05) is 0 Å². The molecule has 0 aromatic carbocycles. The van der Waals surface area contributed by atoms with Gasteiger partial charge in [-0.25, -0.2) is 0 Å². The first-order chi connectivity index (χ1) is 9.70. The summed E-state index contributed by atoms with van der Waals surface area (Å²) in [4.78, 5) is 0. The third-order valence-electron chi connectivity index (χ3n) is 4.50. The third-order valence-corrected chi connectivity index (χ3v) is 4.50. The minimum atomic E-state index is 0.546. The topological polar surface area (TPSA) is 29.9 Å². The van der Waals surface area contributed by atoms with Gasteiger partial charge in [0.1, 0.15) is 0 Å². The number of aromatic nitrogens is 2. The van der Waals surface area contributed by atoms with Gasteiger partial charge in [0.25, 0.3) is 0 Å². The average Bonchev–Trinajstić information content (AvgIpc) is 2.92. The van der Waals surface area contributed by atoms with E-state index in [0.717, 1.165) is 13.0 Å². The predicted molar refractivity (Wildman–Crippen MR) is 85.0 cm³/mol. The van der Waals surface area contributed by atoms with E-state index in [1.54, 1.807) is 0 Å². The number of nitrogens with one attached hydrogen (secondary N) is 1. The van der Waals surface area contributed by atoms with Crippen LogP contribution in [0.25, 0.3) is 0 Å². The van der Waals surface area contributed by atoms with Gasteiger partial charge in [-0.05, 0) is 37.8 Å². The van der Waals surface area contributed by atoms with Crippen molar-refractivity contribution in [3.05, 3.63) is 18.0 Å². The van der Waals surface area contributed by atoms with Gasteiger partial charge in [-0.15, -0.1) is 0 Å². The zero-order chi connectivity index (χ0) is 14.4. The van der Waals surface area contributed by atoms with Crippen LogP contribution in [0.1, 0.15) is 71.0 Å². The van der Waals surface area contributed by atoms with Crippen molar-refractivity contribution in [3.8, 4) is 0 Å². The number of rotatable bonds is 7. The van der Waals surface area contributed by atoms with Crippen LogP contribution in [-0.2, 0) is 6.42 Å². The fraction of sp³-hybridized carbons (Fsp3) is 0.824. The largest absolute Gasteiger partial charge is 0.313 e. The fourth-order valence-corrected chi connectivity index (χ4v) is 3.13. The minimum Gasteiger partial charge on any atom is -0.313 e. The van der Waals surface area contributed by atoms with Crippen molar-refractivity contribution in [2.45, 2.75) is 77.8 Å². The lowest BCUT2D eigenvalue weighted by atomic mass is 9.96. The molecule has 114 valence electrons. The van der Waals surface area contributed by atoms with Crippen molar-refractivity contribution < 1.29 is 0 Å². The Morgan fingerprint density at radius 3 is 2.70 bits per heavy atom. The summed E-state index contributed by atoms with van der Waals surface area (Å²) in [6.07, 6.45) is 11.2. The Morgan fingerprint density at radius 2 is 2.05 bits per heavy atom. The molecule has 0 spiro atoms. The molecule has 1 unspecified atom stereocenters. The molecule has 1 heterocycles. The van der Waals surface area contributed by atoms with E-state index >= 15 is 0 Å². The molecular formula is C17H31N3. The van der Waals surface area contributed by atoms with Crippen molar-refractivity contribution >= 4 is 0 Å². The van der Waals surface area contributed by atoms with Crippen LogP contribution in [0.15, 0.2) is 12.3 Å². The second-order valence-corrected chi connectivity index (χ2v) is 6.59. The molecule has 0 radical (unpaired) electrons. The lowest BCUT2D eigenvalue weighted by Crippen LogP contribution is -2.36. The maximum atomic E-state index is 4.84. The second kappa shape index (κ2) is 7.82. The number of hydrogen-bond acceptors (Lipinski definition) is 2. The van der Waals surface area contributed by atoms with Crippen molar-refractivity contribution in [2.75, 3.05) is 6.54 Å². The van der Waals surface area contributed by atoms with Gasteiger partial charge in [0.2, 0.25) is 0 Å². The maximum Gasteiger partial charge on any atom is 0.0640 e. The van der Waals surface area contributed by atoms with E-state index in [1.165, 1.54) is 44.2 Å². The van der Waals surface area contributed by atoms with Crippen LogP contribution in [0.5, 0.6) is 0 Å². The van der Waals surface area contributed by atoms with Crippen LogP contribution >= 0.6 is 0 Å². The molecular weight excluding hydrogens is 246 g/mol. The van der Waals surface area contributed by atoms with E-state index < -0.39 is 0 Å². The van der Waals surface area contributed by atoms with Gasteiger partial charge in [-0.1, -0.05) is 40.0 Å². The van der Waals surface area contributed by atoms with Crippen molar-refractivity contribution in [2.24, 2.45) is 5.92 Å². The molecule has 0 amide bonds. The first kappa shape index (κ1) is 15.6. The molecule has 1 aliphatic carbocycles. The van der Waals surface area contributed by atoms with Crippen LogP contribution in [0.4, 0.5) is 0 Å². The van der Waals surface area contributed by atoms with E-state index in [4.69, 9.17) is 5.10 Å². The molecule has 20 heavy (non-hydrogen) atoms. The van der Waals surface area contributed by atoms with Gasteiger partial charge in [-0.2, -0.15) is 5.10 Å². The van der Waals surface area contributed by atoms with Gasteiger partial charge in [0.15, 0.2) is 0 Å². The van der Waals surface area contributed by atoms with Crippen molar-refractivity contribution in [3.63, 3.8) is 0 Å². The summed E-state index contributed by atoms with van der Waals surface area (Å²) in [5, 5.41) is 8.50. The van der Waals surface area contributed by atoms with Gasteiger partial charge in [0.05, 0.1) is 11.7 Å². The Kier molecular flexibility index (Phi) is 6.08. The minimum absolute atomic E-state index is 0.546. The first-order valence-electron chi connectivity index (χ1n) is 8.48. The zero-order valence-electron chi connectivity index (χ0n) is 13.4. The summed E-state index contributed by atoms with van der Waals surface area (Å²) < 4.78 is 2.23. The van der Waals surface area contributed by atoms with Gasteiger partial charge in [0, 0.05) is 18.7 Å². The molecule has 0 bridgehead atoms. The summed E-state index contributed by atoms with van der Waals surface area (Å²) in [5.41, 5.74) is 1.25. The normalized spacial score (nSPS) is 18.6. The molecule has 1 N–H and O–H groups in total. The zero-order valence-corrected chi connectivity index (χ0v) is 13.4. The summed E-state index contributed by atoms with van der Waals surface area (Å²) in [6, 6.07) is 3.42. The summed E-state index contributed by atoms with van der Waals surface area (Å²) >= 11 is 0. The molecule has 0 aliphatic heterocycles. The Morgan fingerprint density at radius 1 is 1.30 bits per heavy atom. The molecule has 3 nitrogen and oxygen atoms in total. The lowest BCUT2D eigenvalue weighted by Gasteiger charge is -2.23. The van der Waals surface area contributed by atoms with Gasteiger partial charge in [-0.3, -0.25) is 4.68 Å². The molecule has 1 saturated carbocycles. The van der Waals surface area contributed by atoms with Crippen LogP contribution in [-0.4, -0.2) is 22.4 Å². The number of nitrogens with zero attached hydrogens (tertiary/aromatic N) is 2. The summed E-state index contributed by atoms with van der Waals surface area (Å²) in [5.74, 6) is 0.654. The van der Waals surface area contributed by atoms with Gasteiger partial charge < -0.3 is 5.32 Å². The van der Waals surface area contributed by atoms with Crippen LogP contribution in [0.2, 0.25) is 0 Å². The molecule has 1 atom stereocenters. The second-order valence-electron chi connectivity index (χ2n) is 6.59. The predicted octanol–water partition coefficient (Wildman–Crippen LogP) is 3.96. The fourth-order valence-electron chi connectivity index (χ4n) is 3.13. The van der Waals surface area contributed by atoms with Crippen LogP contribution < -0.4 is 5.32 Å². The van der Waals surface area contributed by atoms with E-state index in [9.17, 15) is 0 Å². The SMILES string of the molecule is CCCNC(Cc1ccn(C2CCCCC2)n1)C(C)C. The highest BCUT2D eigenvalue weighted by Crippen LogP contribution is 2.27. The molecule has 0 saturated heterocycles. The summed E-state index contributed by atoms with van der Waals surface area (Å²) in [7, 11) is 0. The highest BCUT2D eigenvalue weighted by atomic mass is 15.3. The van der Waals surface area contributed by atoms with E-state index in [2.05, 4.69) is 43.0 Å². The maximum absolute atomic E-state index is 4.84. The number of hydrogen-bond donors (Lipinski definition) is 1. The monoisotopic (exact) mass is 277 g/mol.